The van der Waals surface area contributed by atoms with Crippen molar-refractivity contribution in [3.63, 3.8) is 0 Å². The fourth-order valence-corrected chi connectivity index (χ4v) is 1.98. The van der Waals surface area contributed by atoms with Crippen LogP contribution in [-0.2, 0) is 6.54 Å². The van der Waals surface area contributed by atoms with Gasteiger partial charge in [-0.05, 0) is 12.5 Å². The van der Waals surface area contributed by atoms with Gasteiger partial charge >= 0.3 is 6.03 Å². The van der Waals surface area contributed by atoms with Crippen molar-refractivity contribution in [2.45, 2.75) is 13.5 Å². The van der Waals surface area contributed by atoms with E-state index in [2.05, 4.69) is 16.1 Å². The summed E-state index contributed by atoms with van der Waals surface area (Å²) in [7, 11) is 0. The van der Waals surface area contributed by atoms with Gasteiger partial charge in [-0.25, -0.2) is 13.6 Å². The van der Waals surface area contributed by atoms with Crippen LogP contribution in [0.5, 0.6) is 0 Å². The highest BCUT2D eigenvalue weighted by molar-refractivity contribution is 5.93. The molecule has 7 heteroatoms. The molecule has 22 heavy (non-hydrogen) atoms. The van der Waals surface area contributed by atoms with E-state index in [0.29, 0.717) is 6.07 Å². The second kappa shape index (κ2) is 6.86. The van der Waals surface area contributed by atoms with Crippen molar-refractivity contribution < 1.29 is 13.6 Å². The summed E-state index contributed by atoms with van der Waals surface area (Å²) in [5, 5.41) is 4.90. The Kier molecular flexibility index (Phi) is 4.90. The van der Waals surface area contributed by atoms with Crippen LogP contribution in [0.4, 0.5) is 25.0 Å². The topological polar surface area (TPSA) is 79.2 Å². The molecule has 2 aromatic carbocycles. The van der Waals surface area contributed by atoms with Crippen molar-refractivity contribution in [2.24, 2.45) is 5.84 Å². The Hall–Kier alpha value is -2.67. The predicted molar refractivity (Wildman–Crippen MR) is 81.2 cm³/mol. The van der Waals surface area contributed by atoms with Gasteiger partial charge in [0, 0.05) is 18.7 Å². The van der Waals surface area contributed by atoms with E-state index in [1.54, 1.807) is 0 Å². The molecule has 0 aliphatic rings. The van der Waals surface area contributed by atoms with Crippen LogP contribution in [0.3, 0.4) is 0 Å². The van der Waals surface area contributed by atoms with E-state index in [1.807, 2.05) is 31.2 Å². The lowest BCUT2D eigenvalue weighted by Gasteiger charge is -2.13. The number of aryl methyl sites for hydroxylation is 1. The molecule has 0 unspecified atom stereocenters. The Morgan fingerprint density at radius 1 is 1.23 bits per heavy atom. The van der Waals surface area contributed by atoms with E-state index in [4.69, 9.17) is 5.84 Å². The quantitative estimate of drug-likeness (QED) is 0.518. The summed E-state index contributed by atoms with van der Waals surface area (Å²) in [6, 6.07) is 8.63. The highest BCUT2D eigenvalue weighted by atomic mass is 19.1. The van der Waals surface area contributed by atoms with Gasteiger partial charge in [0.05, 0.1) is 5.69 Å². The van der Waals surface area contributed by atoms with E-state index in [0.717, 1.165) is 17.2 Å². The predicted octanol–water partition coefficient (Wildman–Crippen LogP) is 2.88. The maximum Gasteiger partial charge on any atom is 0.319 e. The van der Waals surface area contributed by atoms with E-state index in [-0.39, 0.29) is 17.9 Å². The van der Waals surface area contributed by atoms with Crippen LogP contribution in [0.1, 0.15) is 11.1 Å². The van der Waals surface area contributed by atoms with Crippen molar-refractivity contribution in [3.8, 4) is 0 Å². The molecule has 0 radical (unpaired) electrons. The van der Waals surface area contributed by atoms with Gasteiger partial charge in [-0.3, -0.25) is 5.84 Å². The molecule has 0 atom stereocenters. The van der Waals surface area contributed by atoms with Gasteiger partial charge in [0.2, 0.25) is 0 Å². The molecule has 5 nitrogen and oxygen atoms in total. The third-order valence-corrected chi connectivity index (χ3v) is 2.98. The first-order valence-corrected chi connectivity index (χ1v) is 6.55. The Bertz CT molecular complexity index is 691. The first-order valence-electron chi connectivity index (χ1n) is 6.55. The maximum atomic E-state index is 13.7. The van der Waals surface area contributed by atoms with E-state index in [9.17, 15) is 13.6 Å². The van der Waals surface area contributed by atoms with Crippen molar-refractivity contribution in [3.05, 3.63) is 59.2 Å². The zero-order valence-electron chi connectivity index (χ0n) is 11.9. The number of hydrogen-bond acceptors (Lipinski definition) is 3. The number of hydrogen-bond donors (Lipinski definition) is 4. The number of urea groups is 1. The molecule has 0 heterocycles. The second-order valence-corrected chi connectivity index (χ2v) is 4.75. The number of carbonyl (C=O) groups excluding carboxylic acids is 1. The SMILES string of the molecule is Cc1cccc(CNC(=O)Nc2c(F)cc(F)cc2NN)c1. The molecule has 2 aromatic rings. The molecule has 0 bridgehead atoms. The molecule has 116 valence electrons. The van der Waals surface area contributed by atoms with Crippen LogP contribution < -0.4 is 21.9 Å². The minimum atomic E-state index is -0.918. The van der Waals surface area contributed by atoms with Crippen molar-refractivity contribution in [1.29, 1.82) is 0 Å². The van der Waals surface area contributed by atoms with E-state index < -0.39 is 17.7 Å². The monoisotopic (exact) mass is 306 g/mol. The van der Waals surface area contributed by atoms with Gasteiger partial charge in [-0.1, -0.05) is 29.8 Å². The molecule has 0 aromatic heterocycles. The summed E-state index contributed by atoms with van der Waals surface area (Å²) in [5.74, 6) is 3.48. The van der Waals surface area contributed by atoms with Crippen LogP contribution in [0.2, 0.25) is 0 Å². The lowest BCUT2D eigenvalue weighted by molar-refractivity contribution is 0.251. The van der Waals surface area contributed by atoms with Crippen LogP contribution >= 0.6 is 0 Å². The molecule has 0 saturated carbocycles. The molecule has 0 saturated heterocycles. The molecule has 0 fully saturated rings. The number of halogens is 2. The van der Waals surface area contributed by atoms with Crippen LogP contribution in [0.25, 0.3) is 0 Å². The zero-order valence-corrected chi connectivity index (χ0v) is 11.9. The average molecular weight is 306 g/mol. The number of benzene rings is 2. The van der Waals surface area contributed by atoms with Crippen molar-refractivity contribution >= 4 is 17.4 Å². The van der Waals surface area contributed by atoms with Gasteiger partial charge in [0.1, 0.15) is 11.5 Å². The number of carbonyl (C=O) groups is 1. The Labute approximate surface area is 126 Å². The molecule has 2 rings (SSSR count). The number of nitrogen functional groups attached to an aromatic ring is 1. The summed E-state index contributed by atoms with van der Waals surface area (Å²) in [6.45, 7) is 2.22. The number of amides is 2. The standard InChI is InChI=1S/C15H16F2N4O/c1-9-3-2-4-10(5-9)8-19-15(22)20-14-12(17)6-11(16)7-13(14)21-18/h2-7,21H,8,18H2,1H3,(H2,19,20,22). The van der Waals surface area contributed by atoms with Gasteiger partial charge in [-0.15, -0.1) is 0 Å². The molecular formula is C15H16F2N4O. The smallest absolute Gasteiger partial charge is 0.319 e. The fraction of sp³-hybridized carbons (Fsp3) is 0.133. The number of hydrazine groups is 1. The summed E-state index contributed by atoms with van der Waals surface area (Å²) < 4.78 is 26.8. The van der Waals surface area contributed by atoms with Crippen LogP contribution in [0.15, 0.2) is 36.4 Å². The largest absolute Gasteiger partial charge is 0.334 e. The Morgan fingerprint density at radius 2 is 2.00 bits per heavy atom. The number of nitrogens with two attached hydrogens (primary N) is 1. The van der Waals surface area contributed by atoms with Crippen LogP contribution in [-0.4, -0.2) is 6.03 Å². The summed E-state index contributed by atoms with van der Waals surface area (Å²) in [5.41, 5.74) is 3.85. The summed E-state index contributed by atoms with van der Waals surface area (Å²) in [4.78, 5) is 11.8. The average Bonchev–Trinajstić information content (AvgIpc) is 2.47. The lowest BCUT2D eigenvalue weighted by atomic mass is 10.1. The normalized spacial score (nSPS) is 10.2. The fourth-order valence-electron chi connectivity index (χ4n) is 1.98. The lowest BCUT2D eigenvalue weighted by Crippen LogP contribution is -2.29. The van der Waals surface area contributed by atoms with Gasteiger partial charge < -0.3 is 16.1 Å². The highest BCUT2D eigenvalue weighted by Gasteiger charge is 2.13. The van der Waals surface area contributed by atoms with E-state index >= 15 is 0 Å². The molecule has 2 amide bonds. The minimum absolute atomic E-state index is 0.0526. The Morgan fingerprint density at radius 3 is 2.68 bits per heavy atom. The number of nitrogens with one attached hydrogen (secondary N) is 3. The highest BCUT2D eigenvalue weighted by Crippen LogP contribution is 2.25. The van der Waals surface area contributed by atoms with Gasteiger partial charge in [-0.2, -0.15) is 0 Å². The van der Waals surface area contributed by atoms with Crippen LogP contribution in [0, 0.1) is 18.6 Å². The molecule has 0 spiro atoms. The molecule has 5 N–H and O–H groups in total. The maximum absolute atomic E-state index is 13.7. The second-order valence-electron chi connectivity index (χ2n) is 4.75. The minimum Gasteiger partial charge on any atom is -0.334 e. The summed E-state index contributed by atoms with van der Waals surface area (Å²) in [6.07, 6.45) is 0. The first kappa shape index (κ1) is 15.7. The molecule has 0 aliphatic heterocycles. The first-order chi connectivity index (χ1) is 10.5. The molecule has 0 aliphatic carbocycles. The summed E-state index contributed by atoms with van der Waals surface area (Å²) >= 11 is 0. The van der Waals surface area contributed by atoms with Crippen molar-refractivity contribution in [1.82, 2.24) is 5.32 Å². The Balaban J connectivity index is 2.03. The van der Waals surface area contributed by atoms with E-state index in [1.165, 1.54) is 0 Å². The number of rotatable bonds is 4. The zero-order chi connectivity index (χ0) is 16.1. The third-order valence-electron chi connectivity index (χ3n) is 2.98. The number of anilines is 2. The van der Waals surface area contributed by atoms with Gasteiger partial charge in [0.15, 0.2) is 5.82 Å². The third kappa shape index (κ3) is 3.92. The van der Waals surface area contributed by atoms with Crippen molar-refractivity contribution in [2.75, 3.05) is 10.7 Å². The van der Waals surface area contributed by atoms with Gasteiger partial charge in [0.25, 0.3) is 0 Å². The molecular weight excluding hydrogens is 290 g/mol.